The van der Waals surface area contributed by atoms with E-state index in [0.29, 0.717) is 5.82 Å². The van der Waals surface area contributed by atoms with Gasteiger partial charge in [-0.1, -0.05) is 77.9 Å². The van der Waals surface area contributed by atoms with Crippen molar-refractivity contribution in [1.82, 2.24) is 15.0 Å². The van der Waals surface area contributed by atoms with Crippen molar-refractivity contribution in [3.8, 4) is 34.1 Å². The van der Waals surface area contributed by atoms with Crippen molar-refractivity contribution >= 4 is 32.3 Å². The lowest BCUT2D eigenvalue weighted by atomic mass is 9.88. The van der Waals surface area contributed by atoms with Gasteiger partial charge >= 0.3 is 0 Å². The number of ether oxygens (including phenoxy) is 1. The van der Waals surface area contributed by atoms with Crippen LogP contribution in [0.2, 0.25) is 0 Å². The van der Waals surface area contributed by atoms with Crippen LogP contribution in [-0.4, -0.2) is 15.0 Å². The number of aromatic nitrogens is 4. The van der Waals surface area contributed by atoms with E-state index >= 15 is 0 Å². The molecule has 210 valence electrons. The summed E-state index contributed by atoms with van der Waals surface area (Å²) in [6.45, 7) is 17.3. The molecule has 4 aromatic carbocycles. The van der Waals surface area contributed by atoms with E-state index in [1.807, 2.05) is 0 Å². The van der Waals surface area contributed by atoms with Gasteiger partial charge in [0, 0.05) is 33.4 Å². The van der Waals surface area contributed by atoms with Gasteiger partial charge in [0.2, 0.25) is 5.69 Å². The Bertz CT molecular complexity index is 2080. The van der Waals surface area contributed by atoms with Gasteiger partial charge in [0.15, 0.2) is 12.0 Å². The van der Waals surface area contributed by atoms with Crippen molar-refractivity contribution in [2.75, 3.05) is 0 Å². The van der Waals surface area contributed by atoms with Gasteiger partial charge in [-0.25, -0.2) is 19.5 Å². The summed E-state index contributed by atoms with van der Waals surface area (Å²) < 4.78 is 9.04. The van der Waals surface area contributed by atoms with Crippen molar-refractivity contribution in [3.63, 3.8) is 0 Å². The van der Waals surface area contributed by atoms with Crippen LogP contribution in [0.5, 0.6) is 11.5 Å². The van der Waals surface area contributed by atoms with Crippen LogP contribution in [0.25, 0.3) is 55.0 Å². The van der Waals surface area contributed by atoms with Crippen molar-refractivity contribution < 1.29 is 9.30 Å². The lowest BCUT2D eigenvalue weighted by Gasteiger charge is -2.25. The second-order valence-electron chi connectivity index (χ2n) is 13.8. The molecule has 0 saturated carbocycles. The molecule has 0 unspecified atom stereocenters. The summed E-state index contributed by atoms with van der Waals surface area (Å²) in [6.07, 6.45) is 2.17. The SMILES string of the molecule is Cc1c2c(c(C)c3ccccc13)-c1c3c(cc4ccc(-c5nc(C(C)(C)C)nc(C(C)(C)C)n5)cc4c3cc[n+]1C)O2. The fourth-order valence-electron chi connectivity index (χ4n) is 6.22. The van der Waals surface area contributed by atoms with E-state index in [-0.39, 0.29) is 10.8 Å². The Kier molecular flexibility index (Phi) is 5.56. The third-order valence-electron chi connectivity index (χ3n) is 8.56. The lowest BCUT2D eigenvalue weighted by molar-refractivity contribution is -0.659. The van der Waals surface area contributed by atoms with E-state index in [1.165, 1.54) is 33.2 Å². The number of fused-ring (bicyclic) bond motifs is 5. The quantitative estimate of drug-likeness (QED) is 0.151. The van der Waals surface area contributed by atoms with Crippen LogP contribution in [0.1, 0.15) is 64.3 Å². The molecule has 1 aliphatic heterocycles. The Morgan fingerprint density at radius 3 is 1.98 bits per heavy atom. The van der Waals surface area contributed by atoms with Crippen molar-refractivity contribution in [2.24, 2.45) is 7.05 Å². The molecule has 0 atom stereocenters. The highest BCUT2D eigenvalue weighted by Crippen LogP contribution is 2.51. The van der Waals surface area contributed by atoms with E-state index in [9.17, 15) is 0 Å². The monoisotopic (exact) mass is 553 g/mol. The average molecular weight is 554 g/mol. The zero-order valence-corrected chi connectivity index (χ0v) is 26.0. The molecule has 3 heterocycles. The molecule has 5 nitrogen and oxygen atoms in total. The van der Waals surface area contributed by atoms with Gasteiger partial charge in [0.25, 0.3) is 0 Å². The Balaban J connectivity index is 1.52. The van der Waals surface area contributed by atoms with Crippen LogP contribution in [0.15, 0.2) is 60.8 Å². The standard InChI is InChI=1S/C37H37N4O/c1-20-24-12-10-11-13-25(24)21(2)32-29(20)31-30-26(16-17-41(31)9)27-18-23(15-14-22(27)19-28(30)42-32)33-38-34(36(3,4)5)40-35(39-33)37(6,7)8/h10-19H,1-9H3/q+1. The van der Waals surface area contributed by atoms with Crippen molar-refractivity contribution in [1.29, 1.82) is 0 Å². The van der Waals surface area contributed by atoms with E-state index in [1.54, 1.807) is 0 Å². The zero-order valence-electron chi connectivity index (χ0n) is 26.0. The number of hydrogen-bond donors (Lipinski definition) is 0. The molecule has 0 fully saturated rings. The second kappa shape index (κ2) is 8.81. The maximum Gasteiger partial charge on any atom is 0.228 e. The maximum absolute atomic E-state index is 6.81. The van der Waals surface area contributed by atoms with E-state index in [2.05, 4.69) is 128 Å². The van der Waals surface area contributed by atoms with Gasteiger partial charge in [-0.2, -0.15) is 0 Å². The molecule has 6 aromatic rings. The highest BCUT2D eigenvalue weighted by atomic mass is 16.5. The molecule has 2 aromatic heterocycles. The Labute approximate surface area is 247 Å². The summed E-state index contributed by atoms with van der Waals surface area (Å²) in [7, 11) is 2.13. The third-order valence-corrected chi connectivity index (χ3v) is 8.56. The van der Waals surface area contributed by atoms with E-state index in [0.717, 1.165) is 50.3 Å². The fraction of sp³-hybridized carbons (Fsp3) is 0.297. The molecule has 5 heteroatoms. The smallest absolute Gasteiger partial charge is 0.228 e. The molecule has 0 saturated heterocycles. The Morgan fingerprint density at radius 1 is 0.690 bits per heavy atom. The molecule has 1 aliphatic rings. The fourth-order valence-corrected chi connectivity index (χ4v) is 6.22. The summed E-state index contributed by atoms with van der Waals surface area (Å²) in [5.41, 5.74) is 5.37. The first-order valence-electron chi connectivity index (χ1n) is 14.7. The summed E-state index contributed by atoms with van der Waals surface area (Å²) in [5.74, 6) is 4.18. The van der Waals surface area contributed by atoms with Gasteiger partial charge in [-0.15, -0.1) is 0 Å². The molecule has 0 aliphatic carbocycles. The topological polar surface area (TPSA) is 51.8 Å². The minimum absolute atomic E-state index is 0.193. The van der Waals surface area contributed by atoms with Gasteiger partial charge in [0.1, 0.15) is 30.2 Å². The number of nitrogens with zero attached hydrogens (tertiary/aromatic N) is 4. The van der Waals surface area contributed by atoms with Gasteiger partial charge in [0.05, 0.1) is 10.9 Å². The molecular weight excluding hydrogens is 516 g/mol. The molecule has 42 heavy (non-hydrogen) atoms. The summed E-state index contributed by atoms with van der Waals surface area (Å²) in [5, 5.41) is 7.08. The number of hydrogen-bond acceptors (Lipinski definition) is 4. The predicted octanol–water partition coefficient (Wildman–Crippen LogP) is 8.81. The number of rotatable bonds is 1. The first kappa shape index (κ1) is 26.5. The molecule has 0 radical (unpaired) electrons. The highest BCUT2D eigenvalue weighted by Gasteiger charge is 2.33. The van der Waals surface area contributed by atoms with Crippen LogP contribution in [0, 0.1) is 13.8 Å². The van der Waals surface area contributed by atoms with Crippen LogP contribution < -0.4 is 9.30 Å². The zero-order chi connectivity index (χ0) is 29.7. The Morgan fingerprint density at radius 2 is 1.33 bits per heavy atom. The minimum atomic E-state index is -0.193. The number of pyridine rings is 1. The minimum Gasteiger partial charge on any atom is -0.455 e. The van der Waals surface area contributed by atoms with Crippen LogP contribution in [0.4, 0.5) is 0 Å². The molecule has 0 N–H and O–H groups in total. The summed E-state index contributed by atoms with van der Waals surface area (Å²) >= 11 is 0. The van der Waals surface area contributed by atoms with E-state index < -0.39 is 0 Å². The first-order chi connectivity index (χ1) is 19.8. The van der Waals surface area contributed by atoms with Crippen molar-refractivity contribution in [2.45, 2.75) is 66.2 Å². The van der Waals surface area contributed by atoms with E-state index in [4.69, 9.17) is 19.7 Å². The Hall–Kier alpha value is -4.38. The predicted molar refractivity (Wildman–Crippen MR) is 171 cm³/mol. The lowest BCUT2D eigenvalue weighted by Crippen LogP contribution is -2.32. The first-order valence-corrected chi connectivity index (χ1v) is 14.7. The number of aryl methyl sites for hydroxylation is 3. The van der Waals surface area contributed by atoms with Crippen molar-refractivity contribution in [3.05, 3.63) is 83.6 Å². The molecule has 0 bridgehead atoms. The summed E-state index contributed by atoms with van der Waals surface area (Å²) in [4.78, 5) is 14.8. The van der Waals surface area contributed by atoms with Crippen LogP contribution >= 0.6 is 0 Å². The molecule has 0 amide bonds. The molecule has 7 rings (SSSR count). The average Bonchev–Trinajstić information content (AvgIpc) is 2.95. The number of benzene rings is 4. The van der Waals surface area contributed by atoms with Gasteiger partial charge in [-0.05, 0) is 53.1 Å². The largest absolute Gasteiger partial charge is 0.455 e. The van der Waals surface area contributed by atoms with Gasteiger partial charge < -0.3 is 4.74 Å². The van der Waals surface area contributed by atoms with Crippen LogP contribution in [0.3, 0.4) is 0 Å². The maximum atomic E-state index is 6.81. The molecular formula is C37H37N4O+. The molecule has 0 spiro atoms. The highest BCUT2D eigenvalue weighted by molar-refractivity contribution is 6.16. The third kappa shape index (κ3) is 3.90. The normalized spacial score (nSPS) is 13.1. The van der Waals surface area contributed by atoms with Crippen LogP contribution in [-0.2, 0) is 17.9 Å². The second-order valence-corrected chi connectivity index (χ2v) is 13.8. The summed E-state index contributed by atoms with van der Waals surface area (Å²) in [6, 6.07) is 19.5. The van der Waals surface area contributed by atoms with Gasteiger partial charge in [-0.3, -0.25) is 0 Å².